The molecule has 0 saturated carbocycles. The Balaban J connectivity index is 1.98. The molecule has 0 radical (unpaired) electrons. The van der Waals surface area contributed by atoms with Gasteiger partial charge in [0.2, 0.25) is 0 Å². The fourth-order valence-corrected chi connectivity index (χ4v) is 1.88. The van der Waals surface area contributed by atoms with E-state index in [0.29, 0.717) is 22.1 Å². The van der Waals surface area contributed by atoms with Crippen LogP contribution in [-0.4, -0.2) is 15.2 Å². The highest BCUT2D eigenvalue weighted by Crippen LogP contribution is 2.25. The quantitative estimate of drug-likeness (QED) is 0.720. The topological polar surface area (TPSA) is 86.3 Å². The number of H-pyrrole nitrogens is 2. The monoisotopic (exact) mass is 299 g/mol. The van der Waals surface area contributed by atoms with Crippen LogP contribution in [-0.2, 0) is 0 Å². The molecule has 6 nitrogen and oxygen atoms in total. The van der Waals surface area contributed by atoms with Crippen LogP contribution in [0, 0.1) is 0 Å². The third-order valence-corrected chi connectivity index (χ3v) is 3.02. The summed E-state index contributed by atoms with van der Waals surface area (Å²) >= 11 is 5.80. The Labute approximate surface area is 124 Å². The van der Waals surface area contributed by atoms with Crippen molar-refractivity contribution in [1.82, 2.24) is 15.2 Å². The van der Waals surface area contributed by atoms with Crippen molar-refractivity contribution in [3.63, 3.8) is 0 Å². The minimum absolute atomic E-state index is 0.184. The average molecular weight is 300 g/mol. The van der Waals surface area contributed by atoms with Crippen LogP contribution in [0.1, 0.15) is 0 Å². The van der Waals surface area contributed by atoms with Gasteiger partial charge in [-0.25, -0.2) is 0 Å². The molecule has 0 aliphatic rings. The van der Waals surface area contributed by atoms with Crippen molar-refractivity contribution in [3.05, 3.63) is 64.0 Å². The lowest BCUT2D eigenvalue weighted by Crippen LogP contribution is -1.96. The molecule has 0 bridgehead atoms. The van der Waals surface area contributed by atoms with Gasteiger partial charge in [-0.15, -0.1) is 5.11 Å². The van der Waals surface area contributed by atoms with Gasteiger partial charge >= 0.3 is 0 Å². The number of hydrogen-bond acceptors (Lipinski definition) is 4. The van der Waals surface area contributed by atoms with Crippen molar-refractivity contribution >= 4 is 23.0 Å². The number of pyridine rings is 1. The molecule has 0 amide bonds. The van der Waals surface area contributed by atoms with Crippen LogP contribution < -0.4 is 5.56 Å². The van der Waals surface area contributed by atoms with Gasteiger partial charge in [0.25, 0.3) is 5.56 Å². The molecular weight excluding hydrogens is 290 g/mol. The zero-order chi connectivity index (χ0) is 14.7. The lowest BCUT2D eigenvalue weighted by Gasteiger charge is -1.96. The second kappa shape index (κ2) is 5.72. The third kappa shape index (κ3) is 2.90. The summed E-state index contributed by atoms with van der Waals surface area (Å²) < 4.78 is 0. The predicted octanol–water partition coefficient (Wildman–Crippen LogP) is 3.83. The first-order chi connectivity index (χ1) is 10.2. The van der Waals surface area contributed by atoms with E-state index >= 15 is 0 Å². The molecule has 0 atom stereocenters. The van der Waals surface area contributed by atoms with E-state index in [9.17, 15) is 4.79 Å². The van der Waals surface area contributed by atoms with Gasteiger partial charge in [0.15, 0.2) is 5.69 Å². The van der Waals surface area contributed by atoms with E-state index in [2.05, 4.69) is 25.4 Å². The summed E-state index contributed by atoms with van der Waals surface area (Å²) in [6.45, 7) is 0. The van der Waals surface area contributed by atoms with Crippen LogP contribution in [0.25, 0.3) is 11.4 Å². The summed E-state index contributed by atoms with van der Waals surface area (Å²) in [6.07, 6.45) is 1.64. The first-order valence-corrected chi connectivity index (χ1v) is 6.51. The van der Waals surface area contributed by atoms with Gasteiger partial charge in [0, 0.05) is 11.2 Å². The molecule has 0 spiro atoms. The van der Waals surface area contributed by atoms with Gasteiger partial charge in [-0.3, -0.25) is 20.0 Å². The van der Waals surface area contributed by atoms with Crippen molar-refractivity contribution in [3.8, 4) is 11.4 Å². The molecule has 0 aliphatic carbocycles. The van der Waals surface area contributed by atoms with E-state index in [1.54, 1.807) is 42.6 Å². The van der Waals surface area contributed by atoms with Gasteiger partial charge in [0.1, 0.15) is 5.69 Å². The van der Waals surface area contributed by atoms with Gasteiger partial charge in [-0.1, -0.05) is 17.7 Å². The molecule has 0 aliphatic heterocycles. The maximum absolute atomic E-state index is 11.8. The maximum Gasteiger partial charge on any atom is 0.292 e. The van der Waals surface area contributed by atoms with Crippen molar-refractivity contribution in [2.24, 2.45) is 10.2 Å². The van der Waals surface area contributed by atoms with Crippen LogP contribution in [0.3, 0.4) is 0 Å². The van der Waals surface area contributed by atoms with Crippen LogP contribution in [0.5, 0.6) is 0 Å². The second-order valence-corrected chi connectivity index (χ2v) is 4.63. The number of halogens is 1. The van der Waals surface area contributed by atoms with Crippen LogP contribution in [0.15, 0.2) is 63.7 Å². The average Bonchev–Trinajstić information content (AvgIpc) is 2.89. The Bertz CT molecular complexity index is 821. The largest absolute Gasteiger partial charge is 0.294 e. The fraction of sp³-hybridized carbons (Fsp3) is 0. The van der Waals surface area contributed by atoms with E-state index in [0.717, 1.165) is 0 Å². The van der Waals surface area contributed by atoms with Crippen LogP contribution >= 0.6 is 11.6 Å². The highest BCUT2D eigenvalue weighted by Gasteiger charge is 2.12. The molecule has 0 fully saturated rings. The van der Waals surface area contributed by atoms with Crippen LogP contribution in [0.2, 0.25) is 5.02 Å². The van der Waals surface area contributed by atoms with Gasteiger partial charge in [-0.05, 0) is 36.4 Å². The van der Waals surface area contributed by atoms with Crippen molar-refractivity contribution in [2.45, 2.75) is 0 Å². The molecule has 1 aromatic carbocycles. The Hall–Kier alpha value is -2.73. The molecule has 3 aromatic rings. The molecule has 2 N–H and O–H groups in total. The lowest BCUT2D eigenvalue weighted by atomic mass is 10.2. The van der Waals surface area contributed by atoms with Gasteiger partial charge in [0.05, 0.1) is 11.4 Å². The number of hydrogen-bond donors (Lipinski definition) is 2. The van der Waals surface area contributed by atoms with Crippen molar-refractivity contribution in [2.75, 3.05) is 0 Å². The molecule has 0 saturated heterocycles. The van der Waals surface area contributed by atoms with E-state index in [1.807, 2.05) is 6.07 Å². The first-order valence-electron chi connectivity index (χ1n) is 6.13. The van der Waals surface area contributed by atoms with E-state index in [-0.39, 0.29) is 11.2 Å². The number of benzene rings is 1. The number of azo groups is 1. The smallest absolute Gasteiger partial charge is 0.292 e. The maximum atomic E-state index is 11.8. The molecule has 7 heteroatoms. The Morgan fingerprint density at radius 2 is 1.81 bits per heavy atom. The number of rotatable bonds is 3. The number of aromatic nitrogens is 3. The Kier molecular flexibility index (Phi) is 3.61. The van der Waals surface area contributed by atoms with E-state index in [4.69, 9.17) is 11.6 Å². The summed E-state index contributed by atoms with van der Waals surface area (Å²) in [6, 6.07) is 12.2. The van der Waals surface area contributed by atoms with Crippen LogP contribution in [0.4, 0.5) is 11.4 Å². The standard InChI is InChI=1S/C14H10ClN5O/c15-9-4-6-10(7-5-9)17-19-13-12(18-20-14(13)21)11-3-1-2-8-16-11/h1-8H,(H2,18,20,21). The molecule has 3 rings (SSSR count). The molecular formula is C14H10ClN5O. The molecule has 0 unspecified atom stereocenters. The number of nitrogens with zero attached hydrogens (tertiary/aromatic N) is 3. The lowest BCUT2D eigenvalue weighted by molar-refractivity contribution is 1.05. The predicted molar refractivity (Wildman–Crippen MR) is 80.3 cm³/mol. The zero-order valence-electron chi connectivity index (χ0n) is 10.7. The molecule has 21 heavy (non-hydrogen) atoms. The minimum atomic E-state index is -0.353. The third-order valence-electron chi connectivity index (χ3n) is 2.77. The number of nitrogens with one attached hydrogen (secondary N) is 2. The summed E-state index contributed by atoms with van der Waals surface area (Å²) in [4.78, 5) is 16.0. The zero-order valence-corrected chi connectivity index (χ0v) is 11.5. The Morgan fingerprint density at radius 3 is 2.52 bits per heavy atom. The highest BCUT2D eigenvalue weighted by atomic mass is 35.5. The molecule has 2 aromatic heterocycles. The summed E-state index contributed by atoms with van der Waals surface area (Å²) in [5, 5.41) is 13.9. The van der Waals surface area contributed by atoms with E-state index < -0.39 is 0 Å². The number of aromatic amines is 2. The van der Waals surface area contributed by atoms with Crippen molar-refractivity contribution < 1.29 is 0 Å². The minimum Gasteiger partial charge on any atom is -0.294 e. The van der Waals surface area contributed by atoms with Gasteiger partial charge < -0.3 is 0 Å². The summed E-state index contributed by atoms with van der Waals surface area (Å²) in [5.74, 6) is 0. The fourth-order valence-electron chi connectivity index (χ4n) is 1.76. The summed E-state index contributed by atoms with van der Waals surface area (Å²) in [5.41, 5.74) is 1.54. The Morgan fingerprint density at radius 1 is 1.00 bits per heavy atom. The van der Waals surface area contributed by atoms with Crippen molar-refractivity contribution in [1.29, 1.82) is 0 Å². The van der Waals surface area contributed by atoms with Gasteiger partial charge in [-0.2, -0.15) is 5.11 Å². The molecule has 2 heterocycles. The SMILES string of the molecule is O=c1[nH][nH]c(-c2ccccn2)c1N=Nc1ccc(Cl)cc1. The van der Waals surface area contributed by atoms with E-state index in [1.165, 1.54) is 0 Å². The summed E-state index contributed by atoms with van der Waals surface area (Å²) in [7, 11) is 0. The highest BCUT2D eigenvalue weighted by molar-refractivity contribution is 6.30. The second-order valence-electron chi connectivity index (χ2n) is 4.19. The molecule has 104 valence electrons. The first kappa shape index (κ1) is 13.3. The normalized spacial score (nSPS) is 11.1.